The van der Waals surface area contributed by atoms with Crippen LogP contribution in [-0.2, 0) is 0 Å². The summed E-state index contributed by atoms with van der Waals surface area (Å²) in [6.45, 7) is 8.27. The van der Waals surface area contributed by atoms with Crippen LogP contribution in [0, 0.1) is 6.92 Å². The Bertz CT molecular complexity index is 608. The van der Waals surface area contributed by atoms with Crippen molar-refractivity contribution in [1.29, 1.82) is 0 Å². The number of hydrogen-bond donors (Lipinski definition) is 2. The number of anilines is 2. The average molecular weight is 284 g/mol. The second-order valence-corrected chi connectivity index (χ2v) is 5.64. The molecule has 3 N–H and O–H groups in total. The van der Waals surface area contributed by atoms with Crippen molar-refractivity contribution in [3.05, 3.63) is 53.6 Å². The SMILES string of the molecule is Cc1ccccc1C(C)Nc1ccc(N)c(OC(C)C)c1. The Kier molecular flexibility index (Phi) is 4.73. The Labute approximate surface area is 127 Å². The van der Waals surface area contributed by atoms with E-state index < -0.39 is 0 Å². The average Bonchev–Trinajstić information content (AvgIpc) is 2.42. The maximum atomic E-state index is 5.95. The first-order chi connectivity index (χ1) is 9.97. The summed E-state index contributed by atoms with van der Waals surface area (Å²) in [6.07, 6.45) is 0.108. The summed E-state index contributed by atoms with van der Waals surface area (Å²) >= 11 is 0. The van der Waals surface area contributed by atoms with Gasteiger partial charge in [-0.05, 0) is 51.0 Å². The largest absolute Gasteiger partial charge is 0.489 e. The predicted octanol–water partition coefficient (Wildman–Crippen LogP) is 4.54. The fourth-order valence-electron chi connectivity index (χ4n) is 2.38. The van der Waals surface area contributed by atoms with E-state index in [0.717, 1.165) is 11.4 Å². The van der Waals surface area contributed by atoms with E-state index in [1.165, 1.54) is 11.1 Å². The molecule has 21 heavy (non-hydrogen) atoms. The molecular formula is C18H24N2O. The first-order valence-corrected chi connectivity index (χ1v) is 7.35. The molecule has 0 aliphatic carbocycles. The lowest BCUT2D eigenvalue weighted by Gasteiger charge is -2.19. The van der Waals surface area contributed by atoms with Crippen LogP contribution < -0.4 is 15.8 Å². The number of nitrogen functional groups attached to an aromatic ring is 1. The zero-order chi connectivity index (χ0) is 15.4. The standard InChI is InChI=1S/C18H24N2O/c1-12(2)21-18-11-15(9-10-17(18)19)20-14(4)16-8-6-5-7-13(16)3/h5-12,14,20H,19H2,1-4H3. The monoisotopic (exact) mass is 284 g/mol. The fraction of sp³-hybridized carbons (Fsp3) is 0.333. The van der Waals surface area contributed by atoms with E-state index in [2.05, 4.69) is 43.4 Å². The molecule has 0 aliphatic rings. The number of aryl methyl sites for hydroxylation is 1. The molecule has 3 nitrogen and oxygen atoms in total. The van der Waals surface area contributed by atoms with Crippen molar-refractivity contribution in [1.82, 2.24) is 0 Å². The second kappa shape index (κ2) is 6.53. The quantitative estimate of drug-likeness (QED) is 0.793. The Morgan fingerprint density at radius 2 is 1.76 bits per heavy atom. The smallest absolute Gasteiger partial charge is 0.144 e. The molecule has 1 atom stereocenters. The number of hydrogen-bond acceptors (Lipinski definition) is 3. The zero-order valence-electron chi connectivity index (χ0n) is 13.2. The molecule has 0 heterocycles. The molecule has 0 spiro atoms. The van der Waals surface area contributed by atoms with E-state index in [1.54, 1.807) is 0 Å². The van der Waals surface area contributed by atoms with Crippen LogP contribution in [-0.4, -0.2) is 6.10 Å². The summed E-state index contributed by atoms with van der Waals surface area (Å²) < 4.78 is 5.73. The molecular weight excluding hydrogens is 260 g/mol. The van der Waals surface area contributed by atoms with Gasteiger partial charge in [-0.1, -0.05) is 24.3 Å². The molecule has 0 fully saturated rings. The van der Waals surface area contributed by atoms with Crippen LogP contribution in [0.25, 0.3) is 0 Å². The molecule has 2 aromatic carbocycles. The Balaban J connectivity index is 2.18. The van der Waals surface area contributed by atoms with Gasteiger partial charge in [0.05, 0.1) is 11.8 Å². The van der Waals surface area contributed by atoms with E-state index in [9.17, 15) is 0 Å². The maximum absolute atomic E-state index is 5.95. The van der Waals surface area contributed by atoms with E-state index in [-0.39, 0.29) is 12.1 Å². The first-order valence-electron chi connectivity index (χ1n) is 7.35. The lowest BCUT2D eigenvalue weighted by molar-refractivity contribution is 0.244. The minimum absolute atomic E-state index is 0.108. The predicted molar refractivity (Wildman–Crippen MR) is 89.8 cm³/mol. The Morgan fingerprint density at radius 1 is 1.05 bits per heavy atom. The summed E-state index contributed by atoms with van der Waals surface area (Å²) in [7, 11) is 0. The van der Waals surface area contributed by atoms with E-state index in [0.29, 0.717) is 5.69 Å². The normalized spacial score (nSPS) is 12.2. The second-order valence-electron chi connectivity index (χ2n) is 5.64. The molecule has 0 saturated carbocycles. The van der Waals surface area contributed by atoms with Crippen molar-refractivity contribution < 1.29 is 4.74 Å². The number of benzene rings is 2. The maximum Gasteiger partial charge on any atom is 0.144 e. The molecule has 0 aliphatic heterocycles. The molecule has 2 aromatic rings. The van der Waals surface area contributed by atoms with E-state index in [1.807, 2.05) is 32.0 Å². The number of ether oxygens (including phenoxy) is 1. The van der Waals surface area contributed by atoms with Crippen molar-refractivity contribution >= 4 is 11.4 Å². The number of nitrogens with one attached hydrogen (secondary N) is 1. The third kappa shape index (κ3) is 3.91. The fourth-order valence-corrected chi connectivity index (χ4v) is 2.38. The molecule has 3 heteroatoms. The third-order valence-corrected chi connectivity index (χ3v) is 3.41. The van der Waals surface area contributed by atoms with E-state index >= 15 is 0 Å². The van der Waals surface area contributed by atoms with Gasteiger partial charge in [0, 0.05) is 17.8 Å². The summed E-state index contributed by atoms with van der Waals surface area (Å²) in [5.74, 6) is 0.729. The van der Waals surface area contributed by atoms with Crippen LogP contribution in [0.15, 0.2) is 42.5 Å². The van der Waals surface area contributed by atoms with Gasteiger partial charge in [-0.25, -0.2) is 0 Å². The van der Waals surface area contributed by atoms with Crippen molar-refractivity contribution in [2.24, 2.45) is 0 Å². The van der Waals surface area contributed by atoms with Crippen LogP contribution in [0.2, 0.25) is 0 Å². The summed E-state index contributed by atoms with van der Waals surface area (Å²) in [5.41, 5.74) is 10.2. The third-order valence-electron chi connectivity index (χ3n) is 3.41. The van der Waals surface area contributed by atoms with Gasteiger partial charge in [-0.3, -0.25) is 0 Å². The lowest BCUT2D eigenvalue weighted by Crippen LogP contribution is -2.10. The van der Waals surface area contributed by atoms with Crippen molar-refractivity contribution in [3.8, 4) is 5.75 Å². The van der Waals surface area contributed by atoms with Gasteiger partial charge in [-0.2, -0.15) is 0 Å². The van der Waals surface area contributed by atoms with Crippen LogP contribution in [0.3, 0.4) is 0 Å². The minimum Gasteiger partial charge on any atom is -0.489 e. The molecule has 0 saturated heterocycles. The molecule has 2 rings (SSSR count). The molecule has 0 amide bonds. The Morgan fingerprint density at radius 3 is 2.43 bits per heavy atom. The van der Waals surface area contributed by atoms with Crippen LogP contribution >= 0.6 is 0 Å². The van der Waals surface area contributed by atoms with Crippen LogP contribution in [0.4, 0.5) is 11.4 Å². The highest BCUT2D eigenvalue weighted by atomic mass is 16.5. The van der Waals surface area contributed by atoms with Crippen LogP contribution in [0.5, 0.6) is 5.75 Å². The van der Waals surface area contributed by atoms with Crippen molar-refractivity contribution in [2.75, 3.05) is 11.1 Å². The highest BCUT2D eigenvalue weighted by Gasteiger charge is 2.10. The van der Waals surface area contributed by atoms with Gasteiger partial charge in [0.15, 0.2) is 0 Å². The zero-order valence-corrected chi connectivity index (χ0v) is 13.2. The lowest BCUT2D eigenvalue weighted by atomic mass is 10.0. The first kappa shape index (κ1) is 15.2. The molecule has 0 radical (unpaired) electrons. The van der Waals surface area contributed by atoms with Gasteiger partial charge in [-0.15, -0.1) is 0 Å². The van der Waals surface area contributed by atoms with Gasteiger partial charge in [0.2, 0.25) is 0 Å². The summed E-state index contributed by atoms with van der Waals surface area (Å²) in [4.78, 5) is 0. The van der Waals surface area contributed by atoms with Crippen LogP contribution in [0.1, 0.15) is 37.9 Å². The van der Waals surface area contributed by atoms with E-state index in [4.69, 9.17) is 10.5 Å². The van der Waals surface area contributed by atoms with Gasteiger partial charge < -0.3 is 15.8 Å². The summed E-state index contributed by atoms with van der Waals surface area (Å²) in [5, 5.41) is 3.50. The van der Waals surface area contributed by atoms with Gasteiger partial charge in [0.25, 0.3) is 0 Å². The minimum atomic E-state index is 0.108. The highest BCUT2D eigenvalue weighted by Crippen LogP contribution is 2.29. The van der Waals surface area contributed by atoms with Gasteiger partial charge >= 0.3 is 0 Å². The highest BCUT2D eigenvalue weighted by molar-refractivity contribution is 5.62. The van der Waals surface area contributed by atoms with Crippen molar-refractivity contribution in [3.63, 3.8) is 0 Å². The summed E-state index contributed by atoms with van der Waals surface area (Å²) in [6, 6.07) is 14.5. The Hall–Kier alpha value is -2.16. The number of nitrogens with two attached hydrogens (primary N) is 1. The van der Waals surface area contributed by atoms with Crippen molar-refractivity contribution in [2.45, 2.75) is 39.8 Å². The van der Waals surface area contributed by atoms with Gasteiger partial charge in [0.1, 0.15) is 5.75 Å². The molecule has 1 unspecified atom stereocenters. The molecule has 0 aromatic heterocycles. The molecule has 0 bridgehead atoms. The topological polar surface area (TPSA) is 47.3 Å². The molecule has 112 valence electrons. The number of rotatable bonds is 5.